The van der Waals surface area contributed by atoms with Gasteiger partial charge in [-0.25, -0.2) is 0 Å². The van der Waals surface area contributed by atoms with Crippen molar-refractivity contribution in [1.29, 1.82) is 0 Å². The lowest BCUT2D eigenvalue weighted by Crippen LogP contribution is -2.20. The second kappa shape index (κ2) is 11.4. The third-order valence-corrected chi connectivity index (χ3v) is 8.74. The summed E-state index contributed by atoms with van der Waals surface area (Å²) in [4.78, 5) is 0. The van der Waals surface area contributed by atoms with Crippen molar-refractivity contribution in [1.82, 2.24) is 0 Å². The van der Waals surface area contributed by atoms with Crippen molar-refractivity contribution in [2.24, 2.45) is 0 Å². The van der Waals surface area contributed by atoms with Gasteiger partial charge >= 0.3 is 0 Å². The van der Waals surface area contributed by atoms with Crippen molar-refractivity contribution in [2.45, 2.75) is 70.3 Å². The molecule has 5 rings (SSSR count). The van der Waals surface area contributed by atoms with Crippen LogP contribution in [0.3, 0.4) is 0 Å². The molecule has 0 bridgehead atoms. The minimum Gasteiger partial charge on any atom is -0.384 e. The van der Waals surface area contributed by atoms with Crippen LogP contribution in [0.25, 0.3) is 22.3 Å². The molecular formula is C35H37BrO. The zero-order chi connectivity index (χ0) is 25.8. The van der Waals surface area contributed by atoms with Crippen LogP contribution in [0.4, 0.5) is 0 Å². The number of unbranched alkanes of at least 4 members (excludes halogenated alkanes) is 5. The van der Waals surface area contributed by atoms with Gasteiger partial charge in [0.1, 0.15) is 6.10 Å². The molecule has 2 heteroatoms. The second-order valence-corrected chi connectivity index (χ2v) is 11.6. The monoisotopic (exact) mass is 552 g/mol. The number of halogens is 1. The molecule has 37 heavy (non-hydrogen) atoms. The molecule has 0 amide bonds. The first-order chi connectivity index (χ1) is 18.0. The molecule has 0 fully saturated rings. The van der Waals surface area contributed by atoms with E-state index in [0.29, 0.717) is 0 Å². The Labute approximate surface area is 230 Å². The number of aliphatic hydroxyl groups excluding tert-OH is 1. The Balaban J connectivity index is 1.50. The third-order valence-electron chi connectivity index (χ3n) is 8.21. The molecule has 2 atom stereocenters. The molecule has 0 saturated carbocycles. The fraction of sp³-hybridized carbons (Fsp3) is 0.314. The minimum atomic E-state index is -0.677. The molecular weight excluding hydrogens is 516 g/mol. The second-order valence-electron chi connectivity index (χ2n) is 10.7. The molecule has 4 aromatic rings. The Morgan fingerprint density at radius 3 is 2.14 bits per heavy atom. The standard InChI is InChI=1S/C35H37BrO/c1-3-4-5-6-7-12-23-35(2)32-16-11-10-14-29(32)30-22-19-26(24-33(30)35)28-13-8-9-15-31(28)34(37)25-17-20-27(36)21-18-25/h8-11,13-22,24,34,37H,3-7,12,23H2,1-2H3. The van der Waals surface area contributed by atoms with E-state index in [4.69, 9.17) is 0 Å². The Kier molecular flexibility index (Phi) is 7.98. The van der Waals surface area contributed by atoms with Crippen molar-refractivity contribution in [2.75, 3.05) is 0 Å². The van der Waals surface area contributed by atoms with Crippen molar-refractivity contribution in [3.8, 4) is 22.3 Å². The molecule has 2 unspecified atom stereocenters. The molecule has 1 N–H and O–H groups in total. The van der Waals surface area contributed by atoms with Crippen LogP contribution in [-0.2, 0) is 5.41 Å². The van der Waals surface area contributed by atoms with Crippen LogP contribution in [0.1, 0.15) is 87.2 Å². The Morgan fingerprint density at radius 1 is 0.703 bits per heavy atom. The van der Waals surface area contributed by atoms with Gasteiger partial charge < -0.3 is 5.11 Å². The topological polar surface area (TPSA) is 20.2 Å². The van der Waals surface area contributed by atoms with E-state index < -0.39 is 6.10 Å². The van der Waals surface area contributed by atoms with Gasteiger partial charge in [0, 0.05) is 9.89 Å². The van der Waals surface area contributed by atoms with Gasteiger partial charge in [-0.1, -0.05) is 141 Å². The highest BCUT2D eigenvalue weighted by molar-refractivity contribution is 9.10. The van der Waals surface area contributed by atoms with E-state index in [9.17, 15) is 5.11 Å². The van der Waals surface area contributed by atoms with Crippen LogP contribution in [0.5, 0.6) is 0 Å². The van der Waals surface area contributed by atoms with E-state index in [1.54, 1.807) is 0 Å². The highest BCUT2D eigenvalue weighted by Crippen LogP contribution is 2.52. The average Bonchev–Trinajstić information content (AvgIpc) is 3.18. The van der Waals surface area contributed by atoms with E-state index >= 15 is 0 Å². The number of rotatable bonds is 10. The van der Waals surface area contributed by atoms with Crippen molar-refractivity contribution >= 4 is 15.9 Å². The van der Waals surface area contributed by atoms with Crippen LogP contribution in [0.15, 0.2) is 95.5 Å². The summed E-state index contributed by atoms with van der Waals surface area (Å²) in [5, 5.41) is 11.4. The van der Waals surface area contributed by atoms with Gasteiger partial charge in [0.25, 0.3) is 0 Å². The van der Waals surface area contributed by atoms with Crippen LogP contribution < -0.4 is 0 Å². The highest BCUT2D eigenvalue weighted by atomic mass is 79.9. The molecule has 1 nitrogen and oxygen atoms in total. The molecule has 4 aromatic carbocycles. The zero-order valence-corrected chi connectivity index (χ0v) is 23.6. The molecule has 0 aliphatic heterocycles. The lowest BCUT2D eigenvalue weighted by atomic mass is 9.75. The van der Waals surface area contributed by atoms with Gasteiger partial charge in [0.2, 0.25) is 0 Å². The highest BCUT2D eigenvalue weighted by Gasteiger charge is 2.38. The third kappa shape index (κ3) is 5.19. The van der Waals surface area contributed by atoms with Crippen molar-refractivity contribution in [3.05, 3.63) is 118 Å². The Hall–Kier alpha value is -2.68. The average molecular weight is 554 g/mol. The molecule has 0 spiro atoms. The molecule has 1 aliphatic carbocycles. The molecule has 0 radical (unpaired) electrons. The number of benzene rings is 4. The van der Waals surface area contributed by atoms with Crippen molar-refractivity contribution in [3.63, 3.8) is 0 Å². The van der Waals surface area contributed by atoms with Gasteiger partial charge in [-0.15, -0.1) is 0 Å². The molecule has 0 heterocycles. The summed E-state index contributed by atoms with van der Waals surface area (Å²) < 4.78 is 1.01. The summed E-state index contributed by atoms with van der Waals surface area (Å²) in [6.07, 6.45) is 8.35. The summed E-state index contributed by atoms with van der Waals surface area (Å²) in [7, 11) is 0. The van der Waals surface area contributed by atoms with E-state index in [-0.39, 0.29) is 5.41 Å². The molecule has 1 aliphatic rings. The maximum atomic E-state index is 11.4. The summed E-state index contributed by atoms with van der Waals surface area (Å²) in [6.45, 7) is 4.72. The fourth-order valence-electron chi connectivity index (χ4n) is 6.10. The first-order valence-corrected chi connectivity index (χ1v) is 14.6. The summed E-state index contributed by atoms with van der Waals surface area (Å²) in [6, 6.07) is 32.2. The maximum Gasteiger partial charge on any atom is 0.105 e. The van der Waals surface area contributed by atoms with Gasteiger partial charge in [0.05, 0.1) is 0 Å². The molecule has 190 valence electrons. The zero-order valence-electron chi connectivity index (χ0n) is 22.0. The summed E-state index contributed by atoms with van der Waals surface area (Å²) in [5.74, 6) is 0. The normalized spacial score (nSPS) is 16.9. The quantitative estimate of drug-likeness (QED) is 0.194. The van der Waals surface area contributed by atoms with Crippen molar-refractivity contribution < 1.29 is 5.11 Å². The fourth-order valence-corrected chi connectivity index (χ4v) is 6.36. The summed E-state index contributed by atoms with van der Waals surface area (Å²) in [5.41, 5.74) is 9.73. The van der Waals surface area contributed by atoms with E-state index in [2.05, 4.69) is 90.4 Å². The number of aliphatic hydroxyl groups is 1. The molecule has 0 saturated heterocycles. The molecule has 0 aromatic heterocycles. The number of fused-ring (bicyclic) bond motifs is 3. The lowest BCUT2D eigenvalue weighted by molar-refractivity contribution is 0.221. The van der Waals surface area contributed by atoms with Crippen LogP contribution >= 0.6 is 15.9 Å². The summed E-state index contributed by atoms with van der Waals surface area (Å²) >= 11 is 3.51. The first kappa shape index (κ1) is 25.9. The van der Waals surface area contributed by atoms with Crippen LogP contribution in [-0.4, -0.2) is 5.11 Å². The maximum absolute atomic E-state index is 11.4. The van der Waals surface area contributed by atoms with Crippen LogP contribution in [0.2, 0.25) is 0 Å². The number of hydrogen-bond acceptors (Lipinski definition) is 1. The predicted octanol–water partition coefficient (Wildman–Crippen LogP) is 10.2. The smallest absolute Gasteiger partial charge is 0.105 e. The SMILES string of the molecule is CCCCCCCCC1(C)c2ccccc2-c2ccc(-c3ccccc3C(O)c3ccc(Br)cc3)cc21. The van der Waals surface area contributed by atoms with Gasteiger partial charge in [-0.05, 0) is 69.1 Å². The van der Waals surface area contributed by atoms with Crippen LogP contribution in [0, 0.1) is 0 Å². The largest absolute Gasteiger partial charge is 0.384 e. The lowest BCUT2D eigenvalue weighted by Gasteiger charge is -2.28. The van der Waals surface area contributed by atoms with E-state index in [1.165, 1.54) is 66.3 Å². The Morgan fingerprint density at radius 2 is 1.35 bits per heavy atom. The number of hydrogen-bond donors (Lipinski definition) is 1. The Bertz CT molecular complexity index is 1360. The first-order valence-electron chi connectivity index (χ1n) is 13.8. The van der Waals surface area contributed by atoms with E-state index in [0.717, 1.165) is 27.6 Å². The van der Waals surface area contributed by atoms with Gasteiger partial charge in [0.15, 0.2) is 0 Å². The minimum absolute atomic E-state index is 0.00591. The predicted molar refractivity (Wildman–Crippen MR) is 160 cm³/mol. The van der Waals surface area contributed by atoms with Gasteiger partial charge in [-0.2, -0.15) is 0 Å². The van der Waals surface area contributed by atoms with Gasteiger partial charge in [-0.3, -0.25) is 0 Å². The van der Waals surface area contributed by atoms with E-state index in [1.807, 2.05) is 30.3 Å².